The van der Waals surface area contributed by atoms with Crippen LogP contribution in [0.1, 0.15) is 59.2 Å². The zero-order valence-electron chi connectivity index (χ0n) is 13.9. The van der Waals surface area contributed by atoms with Crippen molar-refractivity contribution in [3.63, 3.8) is 0 Å². The zero-order valence-corrected chi connectivity index (χ0v) is 13.9. The maximum absolute atomic E-state index is 5.78. The van der Waals surface area contributed by atoms with Gasteiger partial charge < -0.3 is 10.1 Å². The van der Waals surface area contributed by atoms with Crippen molar-refractivity contribution in [2.75, 3.05) is 13.7 Å². The molecule has 0 aliphatic heterocycles. The number of hydrogen-bond donors (Lipinski definition) is 1. The number of aromatic nitrogens is 2. The molecule has 1 heterocycles. The Hall–Kier alpha value is -0.870. The van der Waals surface area contributed by atoms with Crippen molar-refractivity contribution >= 4 is 0 Å². The van der Waals surface area contributed by atoms with Gasteiger partial charge in [-0.2, -0.15) is 5.10 Å². The van der Waals surface area contributed by atoms with E-state index in [-0.39, 0.29) is 11.6 Å². The van der Waals surface area contributed by atoms with Crippen LogP contribution in [0.25, 0.3) is 0 Å². The van der Waals surface area contributed by atoms with Gasteiger partial charge in [-0.15, -0.1) is 0 Å². The van der Waals surface area contributed by atoms with E-state index in [1.807, 2.05) is 4.68 Å². The summed E-state index contributed by atoms with van der Waals surface area (Å²) in [4.78, 5) is 0. The Labute approximate surface area is 123 Å². The highest BCUT2D eigenvalue weighted by atomic mass is 16.5. The first-order chi connectivity index (χ1) is 9.46. The molecule has 0 amide bonds. The first-order valence-corrected chi connectivity index (χ1v) is 7.79. The molecule has 2 atom stereocenters. The first-order valence-electron chi connectivity index (χ1n) is 7.79. The van der Waals surface area contributed by atoms with E-state index in [1.54, 1.807) is 7.11 Å². The van der Waals surface area contributed by atoms with Crippen LogP contribution in [0.3, 0.4) is 0 Å². The van der Waals surface area contributed by atoms with E-state index in [0.717, 1.165) is 31.5 Å². The summed E-state index contributed by atoms with van der Waals surface area (Å²) in [5.74, 6) is 0. The van der Waals surface area contributed by atoms with Gasteiger partial charge in [0.25, 0.3) is 0 Å². The van der Waals surface area contributed by atoms with Gasteiger partial charge in [0.15, 0.2) is 0 Å². The average molecular weight is 281 g/mol. The molecule has 0 radical (unpaired) electrons. The van der Waals surface area contributed by atoms with E-state index in [0.29, 0.717) is 6.04 Å². The third-order valence-electron chi connectivity index (χ3n) is 4.15. The van der Waals surface area contributed by atoms with E-state index in [9.17, 15) is 0 Å². The summed E-state index contributed by atoms with van der Waals surface area (Å²) >= 11 is 0. The normalized spacial score (nSPS) is 16.4. The number of rotatable bonds is 9. The highest BCUT2D eigenvalue weighted by molar-refractivity contribution is 5.05. The van der Waals surface area contributed by atoms with E-state index in [1.165, 1.54) is 0 Å². The van der Waals surface area contributed by atoms with Crippen LogP contribution in [-0.2, 0) is 11.2 Å². The average Bonchev–Trinajstić information content (AvgIpc) is 2.91. The second kappa shape index (κ2) is 7.79. The Bertz CT molecular complexity index is 383. The molecule has 1 rings (SSSR count). The van der Waals surface area contributed by atoms with Crippen molar-refractivity contribution in [1.82, 2.24) is 15.1 Å². The third-order valence-corrected chi connectivity index (χ3v) is 4.15. The van der Waals surface area contributed by atoms with Crippen molar-refractivity contribution in [1.29, 1.82) is 0 Å². The maximum Gasteiger partial charge on any atom is 0.0804 e. The van der Waals surface area contributed by atoms with Crippen LogP contribution in [0, 0.1) is 0 Å². The first kappa shape index (κ1) is 17.2. The smallest absolute Gasteiger partial charge is 0.0804 e. The SMILES string of the molecule is CCCNC(Cc1ccn(C(C)C)n1)C(C)(CC)OC. The molecular formula is C16H31N3O. The lowest BCUT2D eigenvalue weighted by molar-refractivity contribution is -0.0289. The number of nitrogens with one attached hydrogen (secondary N) is 1. The lowest BCUT2D eigenvalue weighted by Gasteiger charge is -2.36. The number of methoxy groups -OCH3 is 1. The fourth-order valence-electron chi connectivity index (χ4n) is 2.34. The summed E-state index contributed by atoms with van der Waals surface area (Å²) in [6.07, 6.45) is 5.07. The molecule has 4 nitrogen and oxygen atoms in total. The molecule has 0 saturated heterocycles. The summed E-state index contributed by atoms with van der Waals surface area (Å²) in [6, 6.07) is 2.81. The molecule has 0 fully saturated rings. The van der Waals surface area contributed by atoms with E-state index >= 15 is 0 Å². The topological polar surface area (TPSA) is 39.1 Å². The minimum atomic E-state index is -0.156. The van der Waals surface area contributed by atoms with Gasteiger partial charge in [0.05, 0.1) is 11.3 Å². The molecule has 0 saturated carbocycles. The van der Waals surface area contributed by atoms with Crippen molar-refractivity contribution in [3.8, 4) is 0 Å². The molecule has 1 aromatic heterocycles. The molecule has 0 spiro atoms. The van der Waals surface area contributed by atoms with Gasteiger partial charge in [0.1, 0.15) is 0 Å². The van der Waals surface area contributed by atoms with Crippen LogP contribution in [0.4, 0.5) is 0 Å². The Morgan fingerprint density at radius 1 is 1.40 bits per heavy atom. The lowest BCUT2D eigenvalue weighted by Crippen LogP contribution is -2.51. The van der Waals surface area contributed by atoms with Crippen LogP contribution in [-0.4, -0.2) is 35.1 Å². The predicted molar refractivity (Wildman–Crippen MR) is 84.1 cm³/mol. The van der Waals surface area contributed by atoms with Gasteiger partial charge >= 0.3 is 0 Å². The molecule has 0 bridgehead atoms. The van der Waals surface area contributed by atoms with Gasteiger partial charge in [-0.05, 0) is 46.2 Å². The van der Waals surface area contributed by atoms with Gasteiger partial charge in [0.2, 0.25) is 0 Å². The van der Waals surface area contributed by atoms with Gasteiger partial charge in [-0.1, -0.05) is 13.8 Å². The molecule has 0 aliphatic carbocycles. The highest BCUT2D eigenvalue weighted by Gasteiger charge is 2.32. The van der Waals surface area contributed by atoms with Crippen LogP contribution < -0.4 is 5.32 Å². The Balaban J connectivity index is 2.82. The summed E-state index contributed by atoms with van der Waals surface area (Å²) in [7, 11) is 1.80. The fourth-order valence-corrected chi connectivity index (χ4v) is 2.34. The molecule has 20 heavy (non-hydrogen) atoms. The van der Waals surface area contributed by atoms with E-state index in [2.05, 4.69) is 57.3 Å². The Kier molecular flexibility index (Phi) is 6.69. The van der Waals surface area contributed by atoms with E-state index < -0.39 is 0 Å². The van der Waals surface area contributed by atoms with Crippen LogP contribution >= 0.6 is 0 Å². The number of hydrogen-bond acceptors (Lipinski definition) is 3. The largest absolute Gasteiger partial charge is 0.377 e. The monoisotopic (exact) mass is 281 g/mol. The van der Waals surface area contributed by atoms with Crippen LogP contribution in [0.2, 0.25) is 0 Å². The Morgan fingerprint density at radius 3 is 2.55 bits per heavy atom. The second-order valence-electron chi connectivity index (χ2n) is 5.96. The number of ether oxygens (including phenoxy) is 1. The van der Waals surface area contributed by atoms with Crippen LogP contribution in [0.15, 0.2) is 12.3 Å². The molecule has 1 aromatic rings. The summed E-state index contributed by atoms with van der Waals surface area (Å²) in [5, 5.41) is 8.29. The summed E-state index contributed by atoms with van der Waals surface area (Å²) in [5.41, 5.74) is 0.973. The van der Waals surface area contributed by atoms with Crippen molar-refractivity contribution in [3.05, 3.63) is 18.0 Å². The molecule has 0 aromatic carbocycles. The summed E-state index contributed by atoms with van der Waals surface area (Å²) < 4.78 is 7.79. The zero-order chi connectivity index (χ0) is 15.2. The summed E-state index contributed by atoms with van der Waals surface area (Å²) in [6.45, 7) is 11.8. The minimum Gasteiger partial charge on any atom is -0.377 e. The van der Waals surface area contributed by atoms with Crippen molar-refractivity contribution in [2.45, 2.75) is 71.6 Å². The molecular weight excluding hydrogens is 250 g/mol. The van der Waals surface area contributed by atoms with Gasteiger partial charge in [-0.25, -0.2) is 0 Å². The van der Waals surface area contributed by atoms with E-state index in [4.69, 9.17) is 4.74 Å². The standard InChI is InChI=1S/C16H31N3O/c1-7-10-17-15(16(5,8-2)20-6)12-14-9-11-19(18-14)13(3)4/h9,11,13,15,17H,7-8,10,12H2,1-6H3. The third kappa shape index (κ3) is 4.32. The minimum absolute atomic E-state index is 0.156. The van der Waals surface area contributed by atoms with Crippen molar-refractivity contribution in [2.24, 2.45) is 0 Å². The molecule has 2 unspecified atom stereocenters. The molecule has 4 heteroatoms. The van der Waals surface area contributed by atoms with Gasteiger partial charge in [-0.3, -0.25) is 4.68 Å². The molecule has 0 aliphatic rings. The molecule has 116 valence electrons. The number of nitrogens with zero attached hydrogens (tertiary/aromatic N) is 2. The Morgan fingerprint density at radius 2 is 2.10 bits per heavy atom. The maximum atomic E-state index is 5.78. The quantitative estimate of drug-likeness (QED) is 0.755. The van der Waals surface area contributed by atoms with Crippen LogP contribution in [0.5, 0.6) is 0 Å². The highest BCUT2D eigenvalue weighted by Crippen LogP contribution is 2.22. The molecule has 1 N–H and O–H groups in total. The fraction of sp³-hybridized carbons (Fsp3) is 0.812. The lowest BCUT2D eigenvalue weighted by atomic mass is 9.89. The second-order valence-corrected chi connectivity index (χ2v) is 5.96. The predicted octanol–water partition coefficient (Wildman–Crippen LogP) is 3.19. The van der Waals surface area contributed by atoms with Crippen molar-refractivity contribution < 1.29 is 4.74 Å². The van der Waals surface area contributed by atoms with Gasteiger partial charge in [0, 0.05) is 31.8 Å².